The van der Waals surface area contributed by atoms with E-state index in [2.05, 4.69) is 5.32 Å². The van der Waals surface area contributed by atoms with Gasteiger partial charge in [-0.25, -0.2) is 13.1 Å². The summed E-state index contributed by atoms with van der Waals surface area (Å²) in [6, 6.07) is 15.0. The van der Waals surface area contributed by atoms with Gasteiger partial charge in [-0.1, -0.05) is 24.3 Å². The second-order valence-corrected chi connectivity index (χ2v) is 10.5. The number of hydrogen-bond acceptors (Lipinski definition) is 4. The van der Waals surface area contributed by atoms with Crippen molar-refractivity contribution in [3.63, 3.8) is 0 Å². The van der Waals surface area contributed by atoms with Crippen molar-refractivity contribution in [2.24, 2.45) is 13.0 Å². The molecule has 1 saturated carbocycles. The Bertz CT molecular complexity index is 1350. The number of sulfonamides is 1. The highest BCUT2D eigenvalue weighted by atomic mass is 32.2. The number of rotatable bonds is 7. The molecular formula is C24H28N4O4S. The van der Waals surface area contributed by atoms with Gasteiger partial charge in [0.15, 0.2) is 0 Å². The van der Waals surface area contributed by atoms with Gasteiger partial charge in [-0.15, -0.1) is 0 Å². The number of anilines is 1. The second-order valence-electron chi connectivity index (χ2n) is 8.51. The van der Waals surface area contributed by atoms with E-state index in [0.29, 0.717) is 17.3 Å². The van der Waals surface area contributed by atoms with Crippen molar-refractivity contribution < 1.29 is 13.2 Å². The quantitative estimate of drug-likeness (QED) is 0.577. The maximum absolute atomic E-state index is 13.4. The van der Waals surface area contributed by atoms with Crippen LogP contribution in [0.5, 0.6) is 0 Å². The molecule has 0 saturated heterocycles. The van der Waals surface area contributed by atoms with E-state index in [-0.39, 0.29) is 28.1 Å². The van der Waals surface area contributed by atoms with Crippen LogP contribution in [-0.4, -0.2) is 36.8 Å². The minimum absolute atomic E-state index is 0.0452. The Hall–Kier alpha value is -3.33. The summed E-state index contributed by atoms with van der Waals surface area (Å²) >= 11 is 0. The molecule has 1 amide bonds. The van der Waals surface area contributed by atoms with Crippen molar-refractivity contribution in [3.05, 3.63) is 76.2 Å². The lowest BCUT2D eigenvalue weighted by molar-refractivity contribution is 0.0935. The van der Waals surface area contributed by atoms with E-state index in [1.54, 1.807) is 36.9 Å². The Kier molecular flexibility index (Phi) is 5.92. The molecule has 1 N–H and O–H groups in total. The fourth-order valence-electron chi connectivity index (χ4n) is 4.00. The van der Waals surface area contributed by atoms with Crippen LogP contribution in [0.3, 0.4) is 0 Å². The molecule has 1 unspecified atom stereocenters. The molecule has 1 heterocycles. The lowest BCUT2D eigenvalue weighted by atomic mass is 10.1. The first kappa shape index (κ1) is 22.8. The molecule has 1 atom stereocenters. The topological polar surface area (TPSA) is 93.4 Å². The second kappa shape index (κ2) is 8.55. The van der Waals surface area contributed by atoms with Crippen molar-refractivity contribution in [2.75, 3.05) is 11.4 Å². The van der Waals surface area contributed by atoms with Gasteiger partial charge in [-0.3, -0.25) is 18.6 Å². The Labute approximate surface area is 193 Å². The molecule has 3 aromatic rings. The minimum atomic E-state index is -4.08. The van der Waals surface area contributed by atoms with Crippen molar-refractivity contribution in [1.82, 2.24) is 14.7 Å². The molecule has 1 aliphatic carbocycles. The molecule has 8 nitrogen and oxygen atoms in total. The van der Waals surface area contributed by atoms with Crippen LogP contribution >= 0.6 is 0 Å². The van der Waals surface area contributed by atoms with Crippen molar-refractivity contribution in [2.45, 2.75) is 37.6 Å². The van der Waals surface area contributed by atoms with Crippen molar-refractivity contribution >= 4 is 21.6 Å². The molecule has 9 heteroatoms. The summed E-state index contributed by atoms with van der Waals surface area (Å²) in [6.07, 6.45) is 2.19. The fourth-order valence-corrected chi connectivity index (χ4v) is 5.29. The van der Waals surface area contributed by atoms with E-state index >= 15 is 0 Å². The maximum Gasteiger partial charge on any atom is 0.296 e. The number of aromatic nitrogens is 2. The lowest BCUT2D eigenvalue weighted by Gasteiger charge is -2.19. The summed E-state index contributed by atoms with van der Waals surface area (Å²) < 4.78 is 30.9. The predicted molar refractivity (Wildman–Crippen MR) is 127 cm³/mol. The minimum Gasteiger partial charge on any atom is -0.349 e. The molecule has 174 valence electrons. The molecular weight excluding hydrogens is 440 g/mol. The summed E-state index contributed by atoms with van der Waals surface area (Å²) in [5.41, 5.74) is 1.01. The van der Waals surface area contributed by atoms with Crippen LogP contribution in [0.15, 0.2) is 64.3 Å². The molecule has 2 aromatic carbocycles. The molecule has 1 fully saturated rings. The van der Waals surface area contributed by atoms with Gasteiger partial charge in [-0.05, 0) is 62.9 Å². The summed E-state index contributed by atoms with van der Waals surface area (Å²) in [5.74, 6) is 0.177. The first-order valence-corrected chi connectivity index (χ1v) is 12.3. The van der Waals surface area contributed by atoms with Gasteiger partial charge in [0.25, 0.3) is 21.5 Å². The molecule has 0 bridgehead atoms. The number of para-hydroxylation sites is 1. The van der Waals surface area contributed by atoms with Crippen molar-refractivity contribution in [1.29, 1.82) is 0 Å². The van der Waals surface area contributed by atoms with E-state index in [9.17, 15) is 18.0 Å². The third-order valence-electron chi connectivity index (χ3n) is 6.28. The van der Waals surface area contributed by atoms with Gasteiger partial charge in [0.1, 0.15) is 5.69 Å². The summed E-state index contributed by atoms with van der Waals surface area (Å²) in [5, 5.41) is 2.94. The van der Waals surface area contributed by atoms with Gasteiger partial charge in [-0.2, -0.15) is 0 Å². The van der Waals surface area contributed by atoms with Gasteiger partial charge in [0.05, 0.1) is 16.3 Å². The van der Waals surface area contributed by atoms with Crippen LogP contribution in [0.4, 0.5) is 5.69 Å². The molecule has 0 radical (unpaired) electrons. The smallest absolute Gasteiger partial charge is 0.296 e. The van der Waals surface area contributed by atoms with Crippen LogP contribution in [0.1, 0.15) is 35.8 Å². The first-order chi connectivity index (χ1) is 15.6. The average Bonchev–Trinajstić information content (AvgIpc) is 3.62. The fraction of sp³-hybridized carbons (Fsp3) is 0.333. The maximum atomic E-state index is 13.4. The van der Waals surface area contributed by atoms with Gasteiger partial charge < -0.3 is 5.32 Å². The highest BCUT2D eigenvalue weighted by Gasteiger charge is 2.31. The Morgan fingerprint density at radius 1 is 1.12 bits per heavy atom. The van der Waals surface area contributed by atoms with Gasteiger partial charge in [0.2, 0.25) is 0 Å². The van der Waals surface area contributed by atoms with E-state index in [1.807, 2.05) is 25.1 Å². The van der Waals surface area contributed by atoms with E-state index < -0.39 is 15.6 Å². The lowest BCUT2D eigenvalue weighted by Crippen LogP contribution is -2.34. The molecule has 1 aromatic heterocycles. The molecule has 4 rings (SSSR count). The Morgan fingerprint density at radius 2 is 1.79 bits per heavy atom. The number of carbonyl (C=O) groups is 1. The predicted octanol–water partition coefficient (Wildman–Crippen LogP) is 2.84. The normalized spacial score (nSPS) is 14.7. The Balaban J connectivity index is 1.69. The molecule has 0 spiro atoms. The Morgan fingerprint density at radius 3 is 2.42 bits per heavy atom. The van der Waals surface area contributed by atoms with Crippen LogP contribution in [0, 0.1) is 12.8 Å². The molecule has 33 heavy (non-hydrogen) atoms. The van der Waals surface area contributed by atoms with E-state index in [4.69, 9.17) is 0 Å². The third-order valence-corrected chi connectivity index (χ3v) is 8.03. The van der Waals surface area contributed by atoms with E-state index in [0.717, 1.165) is 17.1 Å². The largest absolute Gasteiger partial charge is 0.349 e. The summed E-state index contributed by atoms with van der Waals surface area (Å²) in [7, 11) is -1.02. The molecule has 1 aliphatic rings. The first-order valence-electron chi connectivity index (χ1n) is 10.9. The number of nitrogens with zero attached hydrogens (tertiary/aromatic N) is 3. The zero-order valence-corrected chi connectivity index (χ0v) is 20.0. The number of carbonyl (C=O) groups excluding carboxylic acids is 1. The number of hydrogen-bond donors (Lipinski definition) is 1. The van der Waals surface area contributed by atoms with Crippen LogP contribution in [-0.2, 0) is 17.1 Å². The number of nitrogens with one attached hydrogen (secondary N) is 1. The highest BCUT2D eigenvalue weighted by molar-refractivity contribution is 7.92. The summed E-state index contributed by atoms with van der Waals surface area (Å²) in [4.78, 5) is 25.9. The number of amides is 1. The SMILES string of the molecule is Cc1c(N(C)S(=O)(=O)c2cccc(C(=O)NC(C)C3CC3)c2)c(=O)n(-c2ccccc2)n1C. The third kappa shape index (κ3) is 4.20. The van der Waals surface area contributed by atoms with Gasteiger partial charge >= 0.3 is 0 Å². The zero-order valence-electron chi connectivity index (χ0n) is 19.1. The monoisotopic (exact) mass is 468 g/mol. The van der Waals surface area contributed by atoms with Crippen LogP contribution in [0.25, 0.3) is 5.69 Å². The van der Waals surface area contributed by atoms with Gasteiger partial charge in [0, 0.05) is 25.7 Å². The van der Waals surface area contributed by atoms with Crippen molar-refractivity contribution in [3.8, 4) is 5.69 Å². The van der Waals surface area contributed by atoms with Crippen LogP contribution < -0.4 is 15.2 Å². The summed E-state index contributed by atoms with van der Waals surface area (Å²) in [6.45, 7) is 3.66. The zero-order chi connectivity index (χ0) is 23.9. The average molecular weight is 469 g/mol. The van der Waals surface area contributed by atoms with E-state index in [1.165, 1.54) is 29.9 Å². The van der Waals surface area contributed by atoms with Crippen LogP contribution in [0.2, 0.25) is 0 Å². The molecule has 0 aliphatic heterocycles. The highest BCUT2D eigenvalue weighted by Crippen LogP contribution is 2.32. The number of benzene rings is 2. The standard InChI is InChI=1S/C24H28N4O4S/c1-16(18-13-14-18)25-23(29)19-9-8-12-21(15-19)33(31,32)27(4)22-17(2)26(3)28(24(22)30)20-10-6-5-7-11-20/h5-12,15-16,18H,13-14H2,1-4H3,(H,25,29).